The molecule has 0 atom stereocenters. The van der Waals surface area contributed by atoms with Crippen molar-refractivity contribution in [3.05, 3.63) is 46.8 Å². The number of hydrogen-bond donors (Lipinski definition) is 0. The Morgan fingerprint density at radius 3 is 2.29 bits per heavy atom. The number of benzene rings is 1. The largest absolute Gasteiger partial charge is 0.239 e. The fourth-order valence-electron chi connectivity index (χ4n) is 1.10. The van der Waals surface area contributed by atoms with Gasteiger partial charge in [0.25, 0.3) is 0 Å². The van der Waals surface area contributed by atoms with Crippen molar-refractivity contribution in [2.75, 3.05) is 0 Å². The molecule has 0 amide bonds. The van der Waals surface area contributed by atoms with Gasteiger partial charge in [-0.15, -0.1) is 0 Å². The van der Waals surface area contributed by atoms with Gasteiger partial charge in [-0.2, -0.15) is 0 Å². The van der Waals surface area contributed by atoms with Gasteiger partial charge >= 0.3 is 0 Å². The summed E-state index contributed by atoms with van der Waals surface area (Å²) in [5.41, 5.74) is 1.69. The molecule has 14 heavy (non-hydrogen) atoms. The normalized spacial score (nSPS) is 10.1. The minimum absolute atomic E-state index is 0.228. The minimum Gasteiger partial charge on any atom is -0.239 e. The zero-order valence-corrected chi connectivity index (χ0v) is 8.63. The van der Waals surface area contributed by atoms with Gasteiger partial charge in [-0.3, -0.25) is 0 Å². The van der Waals surface area contributed by atoms with Crippen LogP contribution in [0, 0.1) is 0 Å². The summed E-state index contributed by atoms with van der Waals surface area (Å²) >= 11 is 11.4. The highest BCUT2D eigenvalue weighted by Gasteiger charge is 2.03. The molecule has 1 aromatic carbocycles. The van der Waals surface area contributed by atoms with E-state index in [-0.39, 0.29) is 10.3 Å². The average molecular weight is 225 g/mol. The number of aromatic nitrogens is 2. The van der Waals surface area contributed by atoms with E-state index in [2.05, 4.69) is 9.97 Å². The van der Waals surface area contributed by atoms with Crippen LogP contribution >= 0.6 is 23.2 Å². The van der Waals surface area contributed by atoms with Crippen LogP contribution in [0.5, 0.6) is 0 Å². The third-order valence-electron chi connectivity index (χ3n) is 1.76. The molecule has 0 radical (unpaired) electrons. The molecule has 0 bridgehead atoms. The zero-order valence-electron chi connectivity index (χ0n) is 7.11. The van der Waals surface area contributed by atoms with Crippen molar-refractivity contribution in [2.45, 2.75) is 0 Å². The third-order valence-corrected chi connectivity index (χ3v) is 2.40. The van der Waals surface area contributed by atoms with E-state index in [0.29, 0.717) is 0 Å². The Labute approximate surface area is 91.5 Å². The molecule has 0 saturated heterocycles. The molecule has 0 fully saturated rings. The molecule has 0 N–H and O–H groups in total. The van der Waals surface area contributed by atoms with Crippen molar-refractivity contribution >= 4 is 23.2 Å². The second-order valence-corrected chi connectivity index (χ2v) is 3.42. The first-order chi connectivity index (χ1) is 6.77. The van der Waals surface area contributed by atoms with E-state index in [1.807, 2.05) is 30.3 Å². The molecule has 0 aliphatic carbocycles. The molecule has 2 aromatic rings. The quantitative estimate of drug-likeness (QED) is 0.742. The van der Waals surface area contributed by atoms with E-state index < -0.39 is 0 Å². The minimum atomic E-state index is 0.228. The molecule has 2 nitrogen and oxygen atoms in total. The zero-order chi connectivity index (χ0) is 9.97. The fourth-order valence-corrected chi connectivity index (χ4v) is 1.33. The maximum Gasteiger partial charge on any atom is 0.167 e. The van der Waals surface area contributed by atoms with Crippen LogP contribution in [0.1, 0.15) is 0 Å². The van der Waals surface area contributed by atoms with Gasteiger partial charge in [-0.05, 0) is 0 Å². The van der Waals surface area contributed by atoms with Crippen molar-refractivity contribution in [2.24, 2.45) is 0 Å². The molecule has 70 valence electrons. The molecule has 0 aliphatic heterocycles. The fraction of sp³-hybridized carbons (Fsp3) is 0. The summed E-state index contributed by atoms with van der Waals surface area (Å²) in [6.07, 6.45) is 1.60. The summed E-state index contributed by atoms with van der Waals surface area (Å²) in [5, 5.41) is 0.458. The van der Waals surface area contributed by atoms with E-state index in [4.69, 9.17) is 23.2 Å². The van der Waals surface area contributed by atoms with Crippen molar-refractivity contribution in [1.82, 2.24) is 9.97 Å². The Balaban J connectivity index is 2.48. The third kappa shape index (κ3) is 1.86. The first-order valence-corrected chi connectivity index (χ1v) is 4.76. The molecule has 0 unspecified atom stereocenters. The number of hydrogen-bond acceptors (Lipinski definition) is 2. The average Bonchev–Trinajstić information content (AvgIpc) is 2.23. The van der Waals surface area contributed by atoms with Crippen molar-refractivity contribution in [1.29, 1.82) is 0 Å². The highest BCUT2D eigenvalue weighted by Crippen LogP contribution is 2.21. The maximum absolute atomic E-state index is 5.76. The van der Waals surface area contributed by atoms with Crippen LogP contribution in [0.15, 0.2) is 36.5 Å². The maximum atomic E-state index is 5.76. The van der Waals surface area contributed by atoms with Gasteiger partial charge in [0.1, 0.15) is 0 Å². The second kappa shape index (κ2) is 3.95. The first-order valence-electron chi connectivity index (χ1n) is 4.01. The molecular weight excluding hydrogens is 219 g/mol. The summed E-state index contributed by atoms with van der Waals surface area (Å²) < 4.78 is 0. The lowest BCUT2D eigenvalue weighted by Gasteiger charge is -2.00. The first kappa shape index (κ1) is 9.44. The van der Waals surface area contributed by atoms with Crippen molar-refractivity contribution in [3.63, 3.8) is 0 Å². The topological polar surface area (TPSA) is 25.8 Å². The number of nitrogens with zero attached hydrogens (tertiary/aromatic N) is 2. The van der Waals surface area contributed by atoms with Crippen LogP contribution in [0.4, 0.5) is 0 Å². The molecule has 0 saturated carbocycles. The smallest absolute Gasteiger partial charge is 0.167 e. The molecule has 0 spiro atoms. The Morgan fingerprint density at radius 2 is 1.64 bits per heavy atom. The van der Waals surface area contributed by atoms with Crippen LogP contribution in [0.2, 0.25) is 10.3 Å². The van der Waals surface area contributed by atoms with Crippen LogP contribution in [-0.2, 0) is 0 Å². The van der Waals surface area contributed by atoms with Crippen molar-refractivity contribution in [3.8, 4) is 11.3 Å². The molecule has 1 aromatic heterocycles. The van der Waals surface area contributed by atoms with Gasteiger partial charge in [0, 0.05) is 5.56 Å². The lowest BCUT2D eigenvalue weighted by molar-refractivity contribution is 1.21. The van der Waals surface area contributed by atoms with E-state index in [1.54, 1.807) is 6.20 Å². The highest BCUT2D eigenvalue weighted by molar-refractivity contribution is 6.40. The summed E-state index contributed by atoms with van der Waals surface area (Å²) in [6, 6.07) is 9.68. The standard InChI is InChI=1S/C10H6Cl2N2/c11-9-10(12)14-8(6-13-9)7-4-2-1-3-5-7/h1-6H. The predicted molar refractivity (Wildman–Crippen MR) is 57.5 cm³/mol. The molecule has 4 heteroatoms. The van der Waals surface area contributed by atoms with E-state index >= 15 is 0 Å². The van der Waals surface area contributed by atoms with Gasteiger partial charge in [-0.1, -0.05) is 53.5 Å². The lowest BCUT2D eigenvalue weighted by Crippen LogP contribution is -1.87. The van der Waals surface area contributed by atoms with Gasteiger partial charge in [0.15, 0.2) is 10.3 Å². The Bertz CT molecular complexity index is 443. The summed E-state index contributed by atoms with van der Waals surface area (Å²) in [6.45, 7) is 0. The molecule has 2 rings (SSSR count). The number of rotatable bonds is 1. The Hall–Kier alpha value is -1.12. The summed E-state index contributed by atoms with van der Waals surface area (Å²) in [4.78, 5) is 8.04. The summed E-state index contributed by atoms with van der Waals surface area (Å²) in [7, 11) is 0. The second-order valence-electron chi connectivity index (χ2n) is 2.70. The van der Waals surface area contributed by atoms with Gasteiger partial charge < -0.3 is 0 Å². The van der Waals surface area contributed by atoms with Crippen LogP contribution in [0.3, 0.4) is 0 Å². The predicted octanol–water partition coefficient (Wildman–Crippen LogP) is 3.45. The summed E-state index contributed by atoms with van der Waals surface area (Å²) in [5.74, 6) is 0. The van der Waals surface area contributed by atoms with Crippen molar-refractivity contribution < 1.29 is 0 Å². The Kier molecular flexibility index (Phi) is 2.66. The molecule has 0 aliphatic rings. The van der Waals surface area contributed by atoms with E-state index in [0.717, 1.165) is 11.3 Å². The monoisotopic (exact) mass is 224 g/mol. The Morgan fingerprint density at radius 1 is 0.929 bits per heavy atom. The lowest BCUT2D eigenvalue weighted by atomic mass is 10.2. The van der Waals surface area contributed by atoms with Crippen LogP contribution in [0.25, 0.3) is 11.3 Å². The highest BCUT2D eigenvalue weighted by atomic mass is 35.5. The van der Waals surface area contributed by atoms with Crippen LogP contribution in [-0.4, -0.2) is 9.97 Å². The van der Waals surface area contributed by atoms with E-state index in [1.165, 1.54) is 0 Å². The van der Waals surface area contributed by atoms with E-state index in [9.17, 15) is 0 Å². The molecular formula is C10H6Cl2N2. The molecule has 1 heterocycles. The van der Waals surface area contributed by atoms with Crippen LogP contribution < -0.4 is 0 Å². The van der Waals surface area contributed by atoms with Gasteiger partial charge in [0.2, 0.25) is 0 Å². The van der Waals surface area contributed by atoms with Gasteiger partial charge in [0.05, 0.1) is 11.9 Å². The SMILES string of the molecule is Clc1ncc(-c2ccccc2)nc1Cl. The van der Waals surface area contributed by atoms with Gasteiger partial charge in [-0.25, -0.2) is 9.97 Å². The number of halogens is 2.